The molecule has 7 heteroatoms. The number of fused-ring (bicyclic) bond motifs is 1. The number of alkyl carbamates (subject to hydrolysis) is 1. The summed E-state index contributed by atoms with van der Waals surface area (Å²) in [5.41, 5.74) is 4.15. The second-order valence-corrected chi connectivity index (χ2v) is 8.04. The van der Waals surface area contributed by atoms with Crippen LogP contribution in [0.4, 0.5) is 10.5 Å². The first kappa shape index (κ1) is 20.2. The Kier molecular flexibility index (Phi) is 5.29. The van der Waals surface area contributed by atoms with Crippen molar-refractivity contribution in [2.45, 2.75) is 12.5 Å². The van der Waals surface area contributed by atoms with Gasteiger partial charge in [0.25, 0.3) is 5.91 Å². The number of halogens is 1. The van der Waals surface area contributed by atoms with Gasteiger partial charge in [-0.25, -0.2) is 4.79 Å². The number of hydrogen-bond donors (Lipinski definition) is 2. The van der Waals surface area contributed by atoms with Crippen LogP contribution >= 0.6 is 11.6 Å². The molecule has 2 aliphatic rings. The van der Waals surface area contributed by atoms with Crippen molar-refractivity contribution < 1.29 is 19.1 Å². The van der Waals surface area contributed by atoms with Gasteiger partial charge >= 0.3 is 6.09 Å². The molecule has 160 valence electrons. The minimum atomic E-state index is -0.374. The summed E-state index contributed by atoms with van der Waals surface area (Å²) in [5, 5.41) is 6.07. The number of nitrogens with one attached hydrogen (secondary N) is 2. The first-order chi connectivity index (χ1) is 15.5. The predicted molar refractivity (Wildman–Crippen MR) is 123 cm³/mol. The summed E-state index contributed by atoms with van der Waals surface area (Å²) in [4.78, 5) is 23.5. The number of para-hydroxylation sites is 1. The van der Waals surface area contributed by atoms with Crippen LogP contribution in [-0.2, 0) is 16.0 Å². The molecule has 2 aliphatic heterocycles. The van der Waals surface area contributed by atoms with Gasteiger partial charge < -0.3 is 20.1 Å². The highest BCUT2D eigenvalue weighted by atomic mass is 35.5. The summed E-state index contributed by atoms with van der Waals surface area (Å²) in [5.74, 6) is 1.04. The Bertz CT molecular complexity index is 1240. The van der Waals surface area contributed by atoms with Crippen molar-refractivity contribution >= 4 is 40.9 Å². The Morgan fingerprint density at radius 3 is 2.62 bits per heavy atom. The minimum absolute atomic E-state index is 0.0145. The topological polar surface area (TPSA) is 76.7 Å². The molecular weight excluding hydrogens is 428 g/mol. The molecule has 1 saturated heterocycles. The highest BCUT2D eigenvalue weighted by molar-refractivity contribution is 6.35. The third-order valence-electron chi connectivity index (χ3n) is 5.35. The van der Waals surface area contributed by atoms with E-state index in [0.717, 1.165) is 22.4 Å². The van der Waals surface area contributed by atoms with Crippen LogP contribution in [0.3, 0.4) is 0 Å². The van der Waals surface area contributed by atoms with E-state index >= 15 is 0 Å². The SMILES string of the molecule is O=C1NC(Cc2ccc(Oc3ccc(/C=C4/C(=O)Nc5ccccc54)cc3Cl)cc2)CO1. The molecule has 0 radical (unpaired) electrons. The van der Waals surface area contributed by atoms with Crippen LogP contribution in [0.5, 0.6) is 11.5 Å². The van der Waals surface area contributed by atoms with E-state index in [1.807, 2.05) is 60.7 Å². The largest absolute Gasteiger partial charge is 0.456 e. The maximum Gasteiger partial charge on any atom is 0.407 e. The van der Waals surface area contributed by atoms with Crippen LogP contribution in [-0.4, -0.2) is 24.6 Å². The third kappa shape index (κ3) is 4.18. The maximum atomic E-state index is 12.3. The van der Waals surface area contributed by atoms with E-state index in [4.69, 9.17) is 21.1 Å². The van der Waals surface area contributed by atoms with Gasteiger partial charge in [-0.3, -0.25) is 4.79 Å². The molecule has 0 bridgehead atoms. The van der Waals surface area contributed by atoms with Gasteiger partial charge in [0.15, 0.2) is 0 Å². The van der Waals surface area contributed by atoms with Crippen molar-refractivity contribution in [3.05, 3.63) is 88.4 Å². The normalized spacial score (nSPS) is 18.2. The van der Waals surface area contributed by atoms with Gasteiger partial charge in [0, 0.05) is 16.8 Å². The summed E-state index contributed by atoms with van der Waals surface area (Å²) in [7, 11) is 0. The molecule has 3 aromatic carbocycles. The Hall–Kier alpha value is -3.77. The van der Waals surface area contributed by atoms with Crippen molar-refractivity contribution in [2.75, 3.05) is 11.9 Å². The quantitative estimate of drug-likeness (QED) is 0.523. The average Bonchev–Trinajstić information content (AvgIpc) is 3.33. The highest BCUT2D eigenvalue weighted by Gasteiger charge is 2.24. The molecule has 0 saturated carbocycles. The van der Waals surface area contributed by atoms with Crippen molar-refractivity contribution in [3.63, 3.8) is 0 Å². The molecule has 6 nitrogen and oxygen atoms in total. The molecular formula is C25H19ClN2O4. The fraction of sp³-hybridized carbons (Fsp3) is 0.120. The molecule has 0 spiro atoms. The maximum absolute atomic E-state index is 12.3. The van der Waals surface area contributed by atoms with Gasteiger partial charge in [0.2, 0.25) is 0 Å². The van der Waals surface area contributed by atoms with Gasteiger partial charge in [-0.05, 0) is 54.0 Å². The third-order valence-corrected chi connectivity index (χ3v) is 5.64. The lowest BCUT2D eigenvalue weighted by Gasteiger charge is -2.11. The fourth-order valence-electron chi connectivity index (χ4n) is 3.78. The monoisotopic (exact) mass is 446 g/mol. The number of carbonyl (C=O) groups is 2. The average molecular weight is 447 g/mol. The smallest absolute Gasteiger partial charge is 0.407 e. The zero-order valence-electron chi connectivity index (χ0n) is 16.9. The number of amides is 2. The first-order valence-corrected chi connectivity index (χ1v) is 10.5. The van der Waals surface area contributed by atoms with Crippen molar-refractivity contribution in [2.24, 2.45) is 0 Å². The lowest BCUT2D eigenvalue weighted by atomic mass is 10.0. The zero-order valence-corrected chi connectivity index (χ0v) is 17.7. The van der Waals surface area contributed by atoms with Crippen LogP contribution in [0.25, 0.3) is 11.6 Å². The number of hydrogen-bond acceptors (Lipinski definition) is 4. The van der Waals surface area contributed by atoms with Gasteiger partial charge in [-0.15, -0.1) is 0 Å². The summed E-state index contributed by atoms with van der Waals surface area (Å²) in [6.07, 6.45) is 2.13. The highest BCUT2D eigenvalue weighted by Crippen LogP contribution is 2.35. The number of anilines is 1. The van der Waals surface area contributed by atoms with Crippen molar-refractivity contribution in [1.29, 1.82) is 0 Å². The summed E-state index contributed by atoms with van der Waals surface area (Å²) in [6, 6.07) is 20.6. The zero-order chi connectivity index (χ0) is 22.1. The Morgan fingerprint density at radius 2 is 1.88 bits per heavy atom. The lowest BCUT2D eigenvalue weighted by molar-refractivity contribution is -0.110. The first-order valence-electron chi connectivity index (χ1n) is 10.2. The van der Waals surface area contributed by atoms with E-state index in [-0.39, 0.29) is 18.0 Å². The summed E-state index contributed by atoms with van der Waals surface area (Å²) in [6.45, 7) is 0.377. The second-order valence-electron chi connectivity index (χ2n) is 7.64. The number of carbonyl (C=O) groups excluding carboxylic acids is 2. The number of rotatable bonds is 5. The van der Waals surface area contributed by atoms with Crippen molar-refractivity contribution in [1.82, 2.24) is 5.32 Å². The molecule has 1 atom stereocenters. The van der Waals surface area contributed by atoms with Crippen LogP contribution < -0.4 is 15.4 Å². The standard InChI is InChI=1S/C25H19ClN2O4/c26-21-13-16(12-20-19-3-1-2-4-22(19)28-24(20)29)7-10-23(21)32-18-8-5-15(6-9-18)11-17-14-31-25(30)27-17/h1-10,12-13,17H,11,14H2,(H,27,30)(H,28,29)/b20-12+. The summed E-state index contributed by atoms with van der Waals surface area (Å²) >= 11 is 6.45. The van der Waals surface area contributed by atoms with E-state index in [1.54, 1.807) is 12.1 Å². The Balaban J connectivity index is 1.29. The van der Waals surface area contributed by atoms with Crippen LogP contribution in [0.2, 0.25) is 5.02 Å². The Morgan fingerprint density at radius 1 is 1.06 bits per heavy atom. The second kappa shape index (κ2) is 8.40. The number of cyclic esters (lactones) is 1. The lowest BCUT2D eigenvalue weighted by Crippen LogP contribution is -2.28. The number of benzene rings is 3. The molecule has 1 unspecified atom stereocenters. The van der Waals surface area contributed by atoms with Gasteiger partial charge in [0.1, 0.15) is 18.1 Å². The molecule has 2 heterocycles. The molecule has 2 amide bonds. The minimum Gasteiger partial charge on any atom is -0.456 e. The van der Waals surface area contributed by atoms with Gasteiger partial charge in [-0.2, -0.15) is 0 Å². The van der Waals surface area contributed by atoms with Crippen LogP contribution in [0, 0.1) is 0 Å². The van der Waals surface area contributed by atoms with E-state index in [9.17, 15) is 9.59 Å². The molecule has 3 aromatic rings. The molecule has 32 heavy (non-hydrogen) atoms. The van der Waals surface area contributed by atoms with Gasteiger partial charge in [-0.1, -0.05) is 48.0 Å². The molecule has 2 N–H and O–H groups in total. The molecule has 0 aromatic heterocycles. The summed E-state index contributed by atoms with van der Waals surface area (Å²) < 4.78 is 10.8. The van der Waals surface area contributed by atoms with E-state index in [1.165, 1.54) is 0 Å². The molecule has 1 fully saturated rings. The molecule has 0 aliphatic carbocycles. The van der Waals surface area contributed by atoms with Crippen LogP contribution in [0.1, 0.15) is 16.7 Å². The Labute approximate surface area is 189 Å². The van der Waals surface area contributed by atoms with Crippen molar-refractivity contribution in [3.8, 4) is 11.5 Å². The molecule has 5 rings (SSSR count). The van der Waals surface area contributed by atoms with E-state index < -0.39 is 0 Å². The van der Waals surface area contributed by atoms with E-state index in [0.29, 0.717) is 35.1 Å². The fourth-order valence-corrected chi connectivity index (χ4v) is 4.01. The number of ether oxygens (including phenoxy) is 2. The van der Waals surface area contributed by atoms with Gasteiger partial charge in [0.05, 0.1) is 11.1 Å². The predicted octanol–water partition coefficient (Wildman–Crippen LogP) is 5.28. The van der Waals surface area contributed by atoms with Crippen LogP contribution in [0.15, 0.2) is 66.7 Å². The van der Waals surface area contributed by atoms with E-state index in [2.05, 4.69) is 10.6 Å².